The Bertz CT molecular complexity index is 3860. The lowest BCUT2D eigenvalue weighted by atomic mass is 9.82. The molecule has 0 radical (unpaired) electrons. The first kappa shape index (κ1) is 45.8. The Morgan fingerprint density at radius 2 is 0.671 bits per heavy atom. The third kappa shape index (κ3) is 8.21. The molecule has 1 unspecified atom stereocenters. The Balaban J connectivity index is 1.08. The van der Waals surface area contributed by atoms with Gasteiger partial charge in [0.2, 0.25) is 0 Å². The van der Waals surface area contributed by atoms with Crippen molar-refractivity contribution in [3.63, 3.8) is 0 Å². The molecular formula is C69H56F2N2. The molecule has 4 heteroatoms. The van der Waals surface area contributed by atoms with Gasteiger partial charge in [0.1, 0.15) is 11.6 Å². The zero-order chi connectivity index (χ0) is 50.2. The third-order valence-electron chi connectivity index (χ3n) is 15.0. The van der Waals surface area contributed by atoms with Crippen LogP contribution >= 0.6 is 0 Å². The van der Waals surface area contributed by atoms with Crippen molar-refractivity contribution in [2.24, 2.45) is 0 Å². The minimum Gasteiger partial charge on any atom is -0.311 e. The molecule has 2 nitrogen and oxygen atoms in total. The molecule has 0 aromatic heterocycles. The number of halogens is 2. The van der Waals surface area contributed by atoms with Crippen LogP contribution < -0.4 is 9.80 Å². The summed E-state index contributed by atoms with van der Waals surface area (Å²) >= 11 is 0. The number of fused-ring (bicyclic) bond motifs is 9. The number of nitrogens with zero attached hydrogens (tertiary/aromatic N) is 2. The minimum absolute atomic E-state index is 0.00329. The average Bonchev–Trinajstić information content (AvgIpc) is 3.73. The second-order valence-corrected chi connectivity index (χ2v) is 21.6. The maximum absolute atomic E-state index is 14.7. The molecule has 0 fully saturated rings. The molecule has 11 aromatic carbocycles. The van der Waals surface area contributed by atoms with Gasteiger partial charge in [-0.2, -0.15) is 0 Å². The quantitative estimate of drug-likeness (QED) is 0.140. The maximum Gasteiger partial charge on any atom is 0.123 e. The molecular weight excluding hydrogens is 895 g/mol. The van der Waals surface area contributed by atoms with Crippen molar-refractivity contribution < 1.29 is 8.78 Å². The van der Waals surface area contributed by atoms with Crippen molar-refractivity contribution in [2.75, 3.05) is 9.80 Å². The highest BCUT2D eigenvalue weighted by atomic mass is 19.1. The summed E-state index contributed by atoms with van der Waals surface area (Å²) in [5, 5.41) is 7.45. The summed E-state index contributed by atoms with van der Waals surface area (Å²) in [7, 11) is 0. The van der Waals surface area contributed by atoms with Gasteiger partial charge in [-0.3, -0.25) is 0 Å². The summed E-state index contributed by atoms with van der Waals surface area (Å²) in [5.41, 5.74) is 16.4. The Labute approximate surface area is 427 Å². The summed E-state index contributed by atoms with van der Waals surface area (Å²) in [5.74, 6) is -0.689. The SMILES string of the molecule is CC(C)(C)c1ccc(N(c2ccc(F)cc2)c2ccc(-c3ccc(N(c4ccc(F)cc4)c4ccc(C(C)(C)C)cc4)cc3C3c4ccccc4-c4cc5c6ccccc6c6ccccc6c5cc43)cc2)cc1. The van der Waals surface area contributed by atoms with Crippen LogP contribution in [0.15, 0.2) is 224 Å². The van der Waals surface area contributed by atoms with Crippen molar-refractivity contribution in [1.29, 1.82) is 0 Å². The van der Waals surface area contributed by atoms with Gasteiger partial charge in [0.05, 0.1) is 0 Å². The first-order chi connectivity index (χ1) is 35.3. The van der Waals surface area contributed by atoms with E-state index in [0.29, 0.717) is 0 Å². The summed E-state index contributed by atoms with van der Waals surface area (Å²) in [4.78, 5) is 4.43. The van der Waals surface area contributed by atoms with Crippen LogP contribution in [0.25, 0.3) is 54.6 Å². The first-order valence-electron chi connectivity index (χ1n) is 25.3. The van der Waals surface area contributed by atoms with Gasteiger partial charge in [0, 0.05) is 40.0 Å². The van der Waals surface area contributed by atoms with Crippen molar-refractivity contribution in [3.05, 3.63) is 264 Å². The second kappa shape index (κ2) is 17.8. The van der Waals surface area contributed by atoms with E-state index < -0.39 is 0 Å². The van der Waals surface area contributed by atoms with Crippen LogP contribution in [0.4, 0.5) is 42.9 Å². The zero-order valence-electron chi connectivity index (χ0n) is 42.1. The highest BCUT2D eigenvalue weighted by molar-refractivity contribution is 6.26. The van der Waals surface area contributed by atoms with Gasteiger partial charge in [-0.05, 0) is 202 Å². The van der Waals surface area contributed by atoms with Gasteiger partial charge in [-0.15, -0.1) is 0 Å². The molecule has 0 amide bonds. The molecule has 0 N–H and O–H groups in total. The van der Waals surface area contributed by atoms with Crippen molar-refractivity contribution in [3.8, 4) is 22.3 Å². The number of rotatable bonds is 8. The van der Waals surface area contributed by atoms with Gasteiger partial charge in [0.25, 0.3) is 0 Å². The monoisotopic (exact) mass is 950 g/mol. The van der Waals surface area contributed by atoms with Crippen LogP contribution in [0, 0.1) is 11.6 Å². The van der Waals surface area contributed by atoms with E-state index in [-0.39, 0.29) is 28.4 Å². The van der Waals surface area contributed by atoms with Crippen LogP contribution in [0.2, 0.25) is 0 Å². The van der Waals surface area contributed by atoms with E-state index >= 15 is 0 Å². The lowest BCUT2D eigenvalue weighted by Crippen LogP contribution is -2.14. The van der Waals surface area contributed by atoms with Crippen molar-refractivity contribution >= 4 is 66.4 Å². The lowest BCUT2D eigenvalue weighted by molar-refractivity contribution is 0.590. The van der Waals surface area contributed by atoms with Crippen molar-refractivity contribution in [2.45, 2.75) is 58.3 Å². The lowest BCUT2D eigenvalue weighted by Gasteiger charge is -2.29. The second-order valence-electron chi connectivity index (χ2n) is 21.6. The fourth-order valence-corrected chi connectivity index (χ4v) is 11.2. The molecule has 0 saturated heterocycles. The average molecular weight is 951 g/mol. The van der Waals surface area contributed by atoms with Crippen molar-refractivity contribution in [1.82, 2.24) is 0 Å². The summed E-state index contributed by atoms with van der Waals surface area (Å²) in [6, 6.07) is 78.1. The molecule has 73 heavy (non-hydrogen) atoms. The maximum atomic E-state index is 14.7. The Morgan fingerprint density at radius 1 is 0.301 bits per heavy atom. The topological polar surface area (TPSA) is 6.48 Å². The largest absolute Gasteiger partial charge is 0.311 e. The number of anilines is 6. The smallest absolute Gasteiger partial charge is 0.123 e. The molecule has 0 aliphatic heterocycles. The number of hydrogen-bond acceptors (Lipinski definition) is 2. The molecule has 0 saturated carbocycles. The van der Waals surface area contributed by atoms with E-state index in [9.17, 15) is 8.78 Å². The molecule has 0 bridgehead atoms. The molecule has 1 atom stereocenters. The van der Waals surface area contributed by atoms with Gasteiger partial charge >= 0.3 is 0 Å². The predicted molar refractivity (Wildman–Crippen MR) is 304 cm³/mol. The van der Waals surface area contributed by atoms with Crippen LogP contribution in [-0.2, 0) is 10.8 Å². The summed E-state index contributed by atoms with van der Waals surface area (Å²) < 4.78 is 29.2. The molecule has 0 spiro atoms. The van der Waals surface area contributed by atoms with Crippen LogP contribution in [0.5, 0.6) is 0 Å². The van der Waals surface area contributed by atoms with Gasteiger partial charge < -0.3 is 9.80 Å². The standard InChI is InChI=1S/C69H56F2N2/c1-68(2,3)45-21-31-50(32-22-45)72(52-35-25-47(70)26-36-52)49-29-19-44(20-30-49)55-40-39-54(73(53-37-27-48(71)28-38-53)51-33-23-46(24-34-51)69(4,5)6)41-65(55)67-61-18-12-11-17-60(61)64-42-62-58-15-9-7-13-56(58)57-14-8-10-16-59(57)63(62)43-66(64)67/h7-43,67H,1-6H3. The van der Waals surface area contributed by atoms with E-state index in [1.54, 1.807) is 12.1 Å². The van der Waals surface area contributed by atoms with Crippen LogP contribution in [0.3, 0.4) is 0 Å². The fourth-order valence-electron chi connectivity index (χ4n) is 11.2. The highest BCUT2D eigenvalue weighted by Gasteiger charge is 2.33. The van der Waals surface area contributed by atoms with Crippen LogP contribution in [0.1, 0.15) is 75.3 Å². The fraction of sp³-hybridized carbons (Fsp3) is 0.130. The molecule has 11 aromatic rings. The van der Waals surface area contributed by atoms with E-state index in [2.05, 4.69) is 227 Å². The summed E-state index contributed by atoms with van der Waals surface area (Å²) in [6.07, 6.45) is 0. The van der Waals surface area contributed by atoms with Gasteiger partial charge in [-0.25, -0.2) is 8.78 Å². The minimum atomic E-state index is -0.280. The summed E-state index contributed by atoms with van der Waals surface area (Å²) in [6.45, 7) is 13.4. The highest BCUT2D eigenvalue weighted by Crippen LogP contribution is 2.54. The number of benzene rings is 11. The molecule has 1 aliphatic rings. The zero-order valence-corrected chi connectivity index (χ0v) is 42.1. The van der Waals surface area contributed by atoms with E-state index in [1.807, 2.05) is 24.3 Å². The molecule has 0 heterocycles. The third-order valence-corrected chi connectivity index (χ3v) is 15.0. The van der Waals surface area contributed by atoms with Crippen LogP contribution in [-0.4, -0.2) is 0 Å². The molecule has 356 valence electrons. The number of hydrogen-bond donors (Lipinski definition) is 0. The van der Waals surface area contributed by atoms with E-state index in [0.717, 1.165) is 50.8 Å². The van der Waals surface area contributed by atoms with E-state index in [4.69, 9.17) is 0 Å². The first-order valence-corrected chi connectivity index (χ1v) is 25.3. The normalized spacial score (nSPS) is 13.3. The Morgan fingerprint density at radius 3 is 1.15 bits per heavy atom. The Hall–Kier alpha value is -8.34. The predicted octanol–water partition coefficient (Wildman–Crippen LogP) is 19.8. The molecule has 12 rings (SSSR count). The molecule has 1 aliphatic carbocycles. The Kier molecular flexibility index (Phi) is 11.1. The van der Waals surface area contributed by atoms with Gasteiger partial charge in [-0.1, -0.05) is 157 Å². The van der Waals surface area contributed by atoms with E-state index in [1.165, 1.54) is 77.8 Å². The van der Waals surface area contributed by atoms with Gasteiger partial charge in [0.15, 0.2) is 0 Å².